The number of urea groups is 1. The van der Waals surface area contributed by atoms with Crippen LogP contribution in [0.3, 0.4) is 0 Å². The number of anilines is 1. The fraction of sp³-hybridized carbons (Fsp3) is 0.471. The van der Waals surface area contributed by atoms with Gasteiger partial charge in [-0.25, -0.2) is 18.6 Å². The SMILES string of the molecule is Cc1nc(N2CCN(CC3CC3(F)F)C2=O)sc1C(=O)NCc1ccc[nH]1. The molecule has 0 radical (unpaired) electrons. The lowest BCUT2D eigenvalue weighted by Crippen LogP contribution is -2.33. The first-order chi connectivity index (χ1) is 12.8. The molecule has 3 heterocycles. The molecule has 1 saturated heterocycles. The van der Waals surface area contributed by atoms with Crippen LogP contribution in [0.1, 0.15) is 27.5 Å². The van der Waals surface area contributed by atoms with Crippen molar-refractivity contribution in [3.05, 3.63) is 34.6 Å². The summed E-state index contributed by atoms with van der Waals surface area (Å²) in [5.74, 6) is -3.64. The molecule has 0 bridgehead atoms. The van der Waals surface area contributed by atoms with Crippen LogP contribution in [0.25, 0.3) is 0 Å². The number of H-pyrrole nitrogens is 1. The van der Waals surface area contributed by atoms with E-state index in [0.29, 0.717) is 35.3 Å². The van der Waals surface area contributed by atoms with Gasteiger partial charge in [0.05, 0.1) is 12.2 Å². The second-order valence-electron chi connectivity index (χ2n) is 6.83. The Morgan fingerprint density at radius 2 is 2.26 bits per heavy atom. The highest BCUT2D eigenvalue weighted by atomic mass is 32.1. The maximum atomic E-state index is 13.1. The van der Waals surface area contributed by atoms with E-state index in [1.54, 1.807) is 13.1 Å². The van der Waals surface area contributed by atoms with Crippen LogP contribution in [0, 0.1) is 12.8 Å². The summed E-state index contributed by atoms with van der Waals surface area (Å²) in [5.41, 5.74) is 1.42. The van der Waals surface area contributed by atoms with E-state index < -0.39 is 11.8 Å². The van der Waals surface area contributed by atoms with Crippen molar-refractivity contribution in [1.82, 2.24) is 20.2 Å². The second-order valence-corrected chi connectivity index (χ2v) is 7.81. The van der Waals surface area contributed by atoms with E-state index in [2.05, 4.69) is 15.3 Å². The van der Waals surface area contributed by atoms with Gasteiger partial charge in [0.15, 0.2) is 5.13 Å². The third-order valence-electron chi connectivity index (χ3n) is 4.82. The van der Waals surface area contributed by atoms with Crippen LogP contribution in [0.5, 0.6) is 0 Å². The first kappa shape index (κ1) is 17.9. The van der Waals surface area contributed by atoms with Crippen molar-refractivity contribution in [3.63, 3.8) is 0 Å². The molecule has 3 amide bonds. The lowest BCUT2D eigenvalue weighted by Gasteiger charge is -2.16. The Hall–Kier alpha value is -2.49. The van der Waals surface area contributed by atoms with E-state index in [1.807, 2.05) is 12.1 Å². The quantitative estimate of drug-likeness (QED) is 0.789. The number of carbonyl (C=O) groups is 2. The van der Waals surface area contributed by atoms with Crippen molar-refractivity contribution in [3.8, 4) is 0 Å². The van der Waals surface area contributed by atoms with Gasteiger partial charge < -0.3 is 15.2 Å². The minimum Gasteiger partial charge on any atom is -0.364 e. The second kappa shape index (κ2) is 6.59. The number of hydrogen-bond donors (Lipinski definition) is 2. The van der Waals surface area contributed by atoms with Crippen molar-refractivity contribution in [1.29, 1.82) is 0 Å². The van der Waals surface area contributed by atoms with E-state index in [1.165, 1.54) is 9.80 Å². The number of halogens is 2. The smallest absolute Gasteiger partial charge is 0.326 e. The standard InChI is InChI=1S/C17H19F2N5O2S/c1-10-13(14(25)21-8-12-3-2-4-20-12)27-15(22-10)24-6-5-23(16(24)26)9-11-7-17(11,18)19/h2-4,11,20H,5-9H2,1H3,(H,21,25). The fourth-order valence-corrected chi connectivity index (χ4v) is 4.11. The monoisotopic (exact) mass is 395 g/mol. The molecule has 1 atom stereocenters. The molecule has 2 aliphatic rings. The number of rotatable bonds is 6. The molecule has 1 unspecified atom stereocenters. The zero-order valence-electron chi connectivity index (χ0n) is 14.7. The molecule has 0 aromatic carbocycles. The minimum atomic E-state index is -2.64. The van der Waals surface area contributed by atoms with Gasteiger partial charge in [-0.05, 0) is 19.1 Å². The Bertz CT molecular complexity index is 867. The molecule has 2 aromatic heterocycles. The van der Waals surface area contributed by atoms with Crippen LogP contribution in [0.15, 0.2) is 18.3 Å². The first-order valence-corrected chi connectivity index (χ1v) is 9.49. The van der Waals surface area contributed by atoms with Crippen LogP contribution in [-0.2, 0) is 6.54 Å². The zero-order valence-corrected chi connectivity index (χ0v) is 15.5. The lowest BCUT2D eigenvalue weighted by atomic mass is 10.3. The van der Waals surface area contributed by atoms with E-state index in [-0.39, 0.29) is 24.9 Å². The van der Waals surface area contributed by atoms with Gasteiger partial charge in [-0.3, -0.25) is 9.69 Å². The van der Waals surface area contributed by atoms with E-state index >= 15 is 0 Å². The van der Waals surface area contributed by atoms with E-state index in [0.717, 1.165) is 17.0 Å². The van der Waals surface area contributed by atoms with Crippen LogP contribution in [0.4, 0.5) is 18.7 Å². The Morgan fingerprint density at radius 3 is 2.93 bits per heavy atom. The molecule has 7 nitrogen and oxygen atoms in total. The molecule has 144 valence electrons. The zero-order chi connectivity index (χ0) is 19.2. The van der Waals surface area contributed by atoms with Crippen molar-refractivity contribution in [2.75, 3.05) is 24.5 Å². The number of aromatic nitrogens is 2. The molecule has 0 spiro atoms. The molecular weight excluding hydrogens is 376 g/mol. The number of aromatic amines is 1. The van der Waals surface area contributed by atoms with Gasteiger partial charge in [-0.1, -0.05) is 11.3 Å². The number of amides is 3. The van der Waals surface area contributed by atoms with Gasteiger partial charge in [0.25, 0.3) is 11.8 Å². The summed E-state index contributed by atoms with van der Waals surface area (Å²) in [6, 6.07) is 3.39. The molecule has 10 heteroatoms. The Balaban J connectivity index is 1.40. The largest absolute Gasteiger partial charge is 0.364 e. The maximum absolute atomic E-state index is 13.1. The lowest BCUT2D eigenvalue weighted by molar-refractivity contribution is 0.0922. The summed E-state index contributed by atoms with van der Waals surface area (Å²) in [4.78, 5) is 35.6. The van der Waals surface area contributed by atoms with Crippen molar-refractivity contribution in [2.24, 2.45) is 5.92 Å². The average Bonchev–Trinajstić information content (AvgIpc) is 3.09. The predicted octanol–water partition coefficient (Wildman–Crippen LogP) is 2.61. The van der Waals surface area contributed by atoms with Crippen molar-refractivity contribution < 1.29 is 18.4 Å². The van der Waals surface area contributed by atoms with Crippen molar-refractivity contribution >= 4 is 28.4 Å². The van der Waals surface area contributed by atoms with Gasteiger partial charge in [-0.15, -0.1) is 0 Å². The third kappa shape index (κ3) is 3.53. The van der Waals surface area contributed by atoms with Crippen LogP contribution in [-0.4, -0.2) is 52.4 Å². The van der Waals surface area contributed by atoms with Gasteiger partial charge >= 0.3 is 6.03 Å². The van der Waals surface area contributed by atoms with Gasteiger partial charge in [0.1, 0.15) is 4.88 Å². The molecule has 2 fully saturated rings. The molecule has 4 rings (SSSR count). The normalized spacial score (nSPS) is 21.0. The Labute approximate surface area is 158 Å². The molecule has 1 aliphatic heterocycles. The first-order valence-electron chi connectivity index (χ1n) is 8.67. The summed E-state index contributed by atoms with van der Waals surface area (Å²) in [6.07, 6.45) is 1.62. The number of nitrogens with zero attached hydrogens (tertiary/aromatic N) is 3. The summed E-state index contributed by atoms with van der Waals surface area (Å²) in [6.45, 7) is 2.92. The van der Waals surface area contributed by atoms with Crippen LogP contribution >= 0.6 is 11.3 Å². The third-order valence-corrected chi connectivity index (χ3v) is 5.99. The van der Waals surface area contributed by atoms with Gasteiger partial charge in [0.2, 0.25) is 0 Å². The number of alkyl halides is 2. The summed E-state index contributed by atoms with van der Waals surface area (Å²) in [7, 11) is 0. The summed E-state index contributed by atoms with van der Waals surface area (Å²) in [5, 5.41) is 3.24. The topological polar surface area (TPSA) is 81.3 Å². The number of aryl methyl sites for hydroxylation is 1. The Morgan fingerprint density at radius 1 is 1.48 bits per heavy atom. The molecule has 2 aromatic rings. The number of thiazole rings is 1. The fourth-order valence-electron chi connectivity index (χ4n) is 3.10. The molecule has 1 saturated carbocycles. The highest BCUT2D eigenvalue weighted by molar-refractivity contribution is 7.17. The predicted molar refractivity (Wildman–Crippen MR) is 96.2 cm³/mol. The molecule has 2 N–H and O–H groups in total. The van der Waals surface area contributed by atoms with Crippen molar-refractivity contribution in [2.45, 2.75) is 25.8 Å². The van der Waals surface area contributed by atoms with Gasteiger partial charge in [0, 0.05) is 43.9 Å². The minimum absolute atomic E-state index is 0.0657. The molecule has 27 heavy (non-hydrogen) atoms. The summed E-state index contributed by atoms with van der Waals surface area (Å²) < 4.78 is 26.2. The van der Waals surface area contributed by atoms with Crippen LogP contribution < -0.4 is 10.2 Å². The average molecular weight is 395 g/mol. The van der Waals surface area contributed by atoms with Crippen LogP contribution in [0.2, 0.25) is 0 Å². The highest BCUT2D eigenvalue weighted by Crippen LogP contribution is 2.49. The van der Waals surface area contributed by atoms with Gasteiger partial charge in [-0.2, -0.15) is 0 Å². The number of nitrogens with one attached hydrogen (secondary N) is 2. The summed E-state index contributed by atoms with van der Waals surface area (Å²) >= 11 is 1.14. The maximum Gasteiger partial charge on any atom is 0.326 e. The Kier molecular flexibility index (Phi) is 4.37. The highest BCUT2D eigenvalue weighted by Gasteiger charge is 2.58. The van der Waals surface area contributed by atoms with E-state index in [4.69, 9.17) is 0 Å². The molecule has 1 aliphatic carbocycles. The number of hydrogen-bond acceptors (Lipinski definition) is 4. The molecular formula is C17H19F2N5O2S. The van der Waals surface area contributed by atoms with E-state index in [9.17, 15) is 18.4 Å². The number of carbonyl (C=O) groups excluding carboxylic acids is 2.